The summed E-state index contributed by atoms with van der Waals surface area (Å²) in [6, 6.07) is 13.4. The van der Waals surface area contributed by atoms with E-state index in [1.807, 2.05) is 32.0 Å². The van der Waals surface area contributed by atoms with Gasteiger partial charge in [0.05, 0.1) is 16.8 Å². The van der Waals surface area contributed by atoms with Crippen molar-refractivity contribution in [3.63, 3.8) is 0 Å². The predicted octanol–water partition coefficient (Wildman–Crippen LogP) is 4.85. The molecule has 4 rings (SSSR count). The van der Waals surface area contributed by atoms with E-state index >= 15 is 0 Å². The quantitative estimate of drug-likeness (QED) is 0.246. The van der Waals surface area contributed by atoms with Crippen molar-refractivity contribution in [2.75, 3.05) is 23.4 Å². The number of hydrogen-bond donors (Lipinski definition) is 3. The summed E-state index contributed by atoms with van der Waals surface area (Å²) in [5.41, 5.74) is 2.91. The van der Waals surface area contributed by atoms with Gasteiger partial charge in [-0.25, -0.2) is 9.69 Å². The second-order valence-electron chi connectivity index (χ2n) is 8.89. The first kappa shape index (κ1) is 28.4. The van der Waals surface area contributed by atoms with Crippen LogP contribution >= 0.6 is 15.9 Å². The van der Waals surface area contributed by atoms with Crippen molar-refractivity contribution in [2.24, 2.45) is 0 Å². The lowest BCUT2D eigenvalue weighted by molar-refractivity contribution is -0.122. The summed E-state index contributed by atoms with van der Waals surface area (Å²) in [6.07, 6.45) is 1.32. The predicted molar refractivity (Wildman–Crippen MR) is 152 cm³/mol. The van der Waals surface area contributed by atoms with Crippen LogP contribution in [0.1, 0.15) is 23.6 Å². The first-order chi connectivity index (χ1) is 19.1. The number of benzene rings is 3. The molecule has 206 valence electrons. The van der Waals surface area contributed by atoms with Crippen molar-refractivity contribution >= 4 is 57.1 Å². The molecule has 3 N–H and O–H groups in total. The molecule has 1 aliphatic heterocycles. The number of nitrogens with zero attached hydrogens (tertiary/aromatic N) is 1. The van der Waals surface area contributed by atoms with Gasteiger partial charge in [-0.1, -0.05) is 12.1 Å². The molecule has 3 aromatic rings. The summed E-state index contributed by atoms with van der Waals surface area (Å²) < 4.78 is 11.9. The molecule has 3 aromatic carbocycles. The number of anilines is 2. The van der Waals surface area contributed by atoms with Crippen LogP contribution in [0.4, 0.5) is 16.2 Å². The Morgan fingerprint density at radius 1 is 1.05 bits per heavy atom. The largest absolute Gasteiger partial charge is 0.508 e. The number of imide groups is 2. The van der Waals surface area contributed by atoms with Gasteiger partial charge in [0.1, 0.15) is 11.3 Å². The van der Waals surface area contributed by atoms with E-state index in [2.05, 4.69) is 26.6 Å². The highest BCUT2D eigenvalue weighted by molar-refractivity contribution is 9.10. The maximum absolute atomic E-state index is 13.2. The van der Waals surface area contributed by atoms with Crippen LogP contribution < -0.4 is 25.0 Å². The Morgan fingerprint density at radius 3 is 2.48 bits per heavy atom. The molecule has 1 fully saturated rings. The number of halogens is 1. The van der Waals surface area contributed by atoms with Crippen LogP contribution in [0, 0.1) is 13.8 Å². The summed E-state index contributed by atoms with van der Waals surface area (Å²) in [4.78, 5) is 51.6. The molecule has 0 bridgehead atoms. The highest BCUT2D eigenvalue weighted by Crippen LogP contribution is 2.38. The van der Waals surface area contributed by atoms with Gasteiger partial charge in [-0.3, -0.25) is 19.7 Å². The first-order valence-electron chi connectivity index (χ1n) is 12.2. The molecule has 11 heteroatoms. The molecule has 1 saturated heterocycles. The van der Waals surface area contributed by atoms with Crippen LogP contribution in [-0.2, 0) is 14.4 Å². The van der Waals surface area contributed by atoms with E-state index in [-0.39, 0.29) is 47.6 Å². The molecular formula is C29H26BrN3O7. The van der Waals surface area contributed by atoms with E-state index in [0.717, 1.165) is 16.0 Å². The van der Waals surface area contributed by atoms with E-state index in [0.29, 0.717) is 15.7 Å². The van der Waals surface area contributed by atoms with Gasteiger partial charge < -0.3 is 19.9 Å². The Labute approximate surface area is 238 Å². The summed E-state index contributed by atoms with van der Waals surface area (Å²) in [5.74, 6) is -1.56. The van der Waals surface area contributed by atoms with Crippen molar-refractivity contribution in [1.82, 2.24) is 5.32 Å². The number of phenols is 1. The fourth-order valence-electron chi connectivity index (χ4n) is 3.93. The molecule has 0 saturated carbocycles. The minimum Gasteiger partial charge on any atom is -0.508 e. The van der Waals surface area contributed by atoms with E-state index < -0.39 is 17.8 Å². The highest BCUT2D eigenvalue weighted by Gasteiger charge is 2.37. The number of ether oxygens (including phenoxy) is 2. The standard InChI is InChI=1S/C29H26BrN3O7/c1-4-39-24-14-18(12-21-27(36)32-29(38)33(28(21)37)19-7-9-20(34)10-8-19)13-22(30)26(24)40-15-25(35)31-23-11-16(2)5-6-17(23)3/h5-14,34H,4,15H2,1-3H3,(H,31,35)(H,32,36,38)/b21-12-. The maximum Gasteiger partial charge on any atom is 0.335 e. The molecule has 0 aliphatic carbocycles. The van der Waals surface area contributed by atoms with Gasteiger partial charge in [-0.05, 0) is 102 Å². The van der Waals surface area contributed by atoms with Gasteiger partial charge in [0.25, 0.3) is 17.7 Å². The second kappa shape index (κ2) is 12.0. The Hall–Kier alpha value is -4.64. The molecule has 0 aromatic heterocycles. The minimum atomic E-state index is -0.906. The monoisotopic (exact) mass is 607 g/mol. The van der Waals surface area contributed by atoms with Crippen LogP contribution in [-0.4, -0.2) is 42.1 Å². The maximum atomic E-state index is 13.2. The average molecular weight is 608 g/mol. The van der Waals surface area contributed by atoms with E-state index in [9.17, 15) is 24.3 Å². The first-order valence-corrected chi connectivity index (χ1v) is 13.0. The molecule has 1 aliphatic rings. The highest BCUT2D eigenvalue weighted by atomic mass is 79.9. The number of aromatic hydroxyl groups is 1. The van der Waals surface area contributed by atoms with Gasteiger partial charge >= 0.3 is 6.03 Å². The molecule has 0 unspecified atom stereocenters. The molecule has 5 amide bonds. The Balaban J connectivity index is 1.58. The average Bonchev–Trinajstić information content (AvgIpc) is 2.89. The smallest absolute Gasteiger partial charge is 0.335 e. The molecule has 10 nitrogen and oxygen atoms in total. The Bertz CT molecular complexity index is 1530. The van der Waals surface area contributed by atoms with Gasteiger partial charge in [0, 0.05) is 5.69 Å². The fourth-order valence-corrected chi connectivity index (χ4v) is 4.50. The second-order valence-corrected chi connectivity index (χ2v) is 9.75. The molecule has 0 atom stereocenters. The Morgan fingerprint density at radius 2 is 1.77 bits per heavy atom. The zero-order valence-electron chi connectivity index (χ0n) is 21.9. The lowest BCUT2D eigenvalue weighted by Crippen LogP contribution is -2.54. The number of phenolic OH excluding ortho intramolecular Hbond substituents is 1. The number of hydrogen-bond acceptors (Lipinski definition) is 7. The van der Waals surface area contributed by atoms with Gasteiger partial charge in [-0.2, -0.15) is 0 Å². The summed E-state index contributed by atoms with van der Waals surface area (Å²) in [7, 11) is 0. The van der Waals surface area contributed by atoms with Crippen molar-refractivity contribution in [1.29, 1.82) is 0 Å². The van der Waals surface area contributed by atoms with Gasteiger partial charge in [-0.15, -0.1) is 0 Å². The van der Waals surface area contributed by atoms with Crippen LogP contribution in [0.25, 0.3) is 6.08 Å². The number of amides is 5. The molecular weight excluding hydrogens is 582 g/mol. The number of rotatable bonds is 8. The zero-order valence-corrected chi connectivity index (χ0v) is 23.5. The molecule has 0 radical (unpaired) electrons. The lowest BCUT2D eigenvalue weighted by Gasteiger charge is -2.26. The van der Waals surface area contributed by atoms with Crippen LogP contribution in [0.3, 0.4) is 0 Å². The van der Waals surface area contributed by atoms with E-state index in [1.54, 1.807) is 19.1 Å². The minimum absolute atomic E-state index is 0.0428. The molecule has 40 heavy (non-hydrogen) atoms. The molecule has 0 spiro atoms. The molecule has 1 heterocycles. The topological polar surface area (TPSA) is 134 Å². The van der Waals surface area contributed by atoms with Crippen LogP contribution in [0.15, 0.2) is 64.6 Å². The lowest BCUT2D eigenvalue weighted by atomic mass is 10.1. The van der Waals surface area contributed by atoms with Gasteiger partial charge in [0.2, 0.25) is 0 Å². The normalized spacial score (nSPS) is 14.2. The Kier molecular flexibility index (Phi) is 8.54. The van der Waals surface area contributed by atoms with Crippen molar-refractivity contribution in [3.05, 3.63) is 81.3 Å². The van der Waals surface area contributed by atoms with Crippen LogP contribution in [0.5, 0.6) is 17.2 Å². The number of urea groups is 1. The van der Waals surface area contributed by atoms with Crippen molar-refractivity contribution in [2.45, 2.75) is 20.8 Å². The van der Waals surface area contributed by atoms with Crippen molar-refractivity contribution < 1.29 is 33.8 Å². The third-order valence-electron chi connectivity index (χ3n) is 5.87. The van der Waals surface area contributed by atoms with Crippen LogP contribution in [0.2, 0.25) is 0 Å². The van der Waals surface area contributed by atoms with Gasteiger partial charge in [0.15, 0.2) is 18.1 Å². The zero-order chi connectivity index (χ0) is 29.0. The third kappa shape index (κ3) is 6.32. The van der Waals surface area contributed by atoms with E-state index in [4.69, 9.17) is 9.47 Å². The number of carbonyl (C=O) groups excluding carboxylic acids is 4. The van der Waals surface area contributed by atoms with Crippen molar-refractivity contribution in [3.8, 4) is 17.2 Å². The number of carbonyl (C=O) groups is 4. The fraction of sp³-hybridized carbons (Fsp3) is 0.172. The summed E-state index contributed by atoms with van der Waals surface area (Å²) >= 11 is 3.43. The van der Waals surface area contributed by atoms with E-state index in [1.165, 1.54) is 30.3 Å². The third-order valence-corrected chi connectivity index (χ3v) is 6.46. The number of nitrogens with one attached hydrogen (secondary N) is 2. The summed E-state index contributed by atoms with van der Waals surface area (Å²) in [6.45, 7) is 5.58. The summed E-state index contributed by atoms with van der Waals surface area (Å²) in [5, 5.41) is 14.5. The SMILES string of the molecule is CCOc1cc(/C=C2/C(=O)NC(=O)N(c3ccc(O)cc3)C2=O)cc(Br)c1OCC(=O)Nc1cc(C)ccc1C. The number of aryl methyl sites for hydroxylation is 2. The number of barbiturate groups is 1.